The molecule has 7 nitrogen and oxygen atoms in total. The molecule has 0 unspecified atom stereocenters. The Balaban J connectivity index is 0.000000247. The molecule has 0 radical (unpaired) electrons. The summed E-state index contributed by atoms with van der Waals surface area (Å²) < 4.78 is 5.18. The van der Waals surface area contributed by atoms with Gasteiger partial charge in [0.25, 0.3) is 0 Å². The number of benzene rings is 1. The highest BCUT2D eigenvalue weighted by atomic mass is 16.5. The summed E-state index contributed by atoms with van der Waals surface area (Å²) in [7, 11) is 0. The Morgan fingerprint density at radius 2 is 2.19 bits per heavy atom. The van der Waals surface area contributed by atoms with Crippen LogP contribution < -0.4 is 15.8 Å². The average molecular weight is 355 g/mol. The SMILES string of the molecule is CCNC(=O)N(CCCc1ccccn1)C(=N)N.c1cc2cc(c1)OC2. The number of hydrogen-bond donors (Lipinski definition) is 3. The standard InChI is InChI=1S/C12H19N5O.C7H6O/c1-2-15-12(18)17(11(13)14)9-5-7-10-6-3-4-8-16-10;1-2-6-4-7(3-1)8-5-6/h3-4,6,8H,2,5,7,9H2,1H3,(H3,13,14)(H,15,18);1-4H,5H2. The summed E-state index contributed by atoms with van der Waals surface area (Å²) >= 11 is 0. The number of nitrogens with one attached hydrogen (secondary N) is 2. The van der Waals surface area contributed by atoms with Gasteiger partial charge in [-0.25, -0.2) is 4.79 Å². The van der Waals surface area contributed by atoms with Crippen LogP contribution in [0.3, 0.4) is 0 Å². The zero-order valence-corrected chi connectivity index (χ0v) is 14.9. The first-order valence-corrected chi connectivity index (χ1v) is 8.61. The molecule has 2 amide bonds. The molecule has 1 aliphatic rings. The molecule has 0 aliphatic carbocycles. The number of aromatic nitrogens is 1. The first-order chi connectivity index (χ1) is 12.6. The van der Waals surface area contributed by atoms with Crippen LogP contribution in [0.4, 0.5) is 4.79 Å². The zero-order valence-electron chi connectivity index (χ0n) is 14.9. The summed E-state index contributed by atoms with van der Waals surface area (Å²) in [5.41, 5.74) is 7.63. The van der Waals surface area contributed by atoms with E-state index in [2.05, 4.69) is 22.4 Å². The van der Waals surface area contributed by atoms with Gasteiger partial charge in [-0.15, -0.1) is 0 Å². The van der Waals surface area contributed by atoms with E-state index >= 15 is 0 Å². The molecule has 0 atom stereocenters. The number of amides is 2. The zero-order chi connectivity index (χ0) is 18.8. The van der Waals surface area contributed by atoms with Crippen molar-refractivity contribution in [3.63, 3.8) is 0 Å². The molecule has 2 bridgehead atoms. The average Bonchev–Trinajstić information content (AvgIpc) is 2.97. The van der Waals surface area contributed by atoms with Gasteiger partial charge in [-0.2, -0.15) is 0 Å². The molecule has 2 heterocycles. The number of nitrogens with two attached hydrogens (primary N) is 1. The van der Waals surface area contributed by atoms with E-state index in [4.69, 9.17) is 15.9 Å². The number of guanidine groups is 1. The summed E-state index contributed by atoms with van der Waals surface area (Å²) in [6.07, 6.45) is 3.21. The topological polar surface area (TPSA) is 104 Å². The van der Waals surface area contributed by atoms with Crippen LogP contribution in [-0.4, -0.2) is 35.0 Å². The van der Waals surface area contributed by atoms with Crippen molar-refractivity contribution >= 4 is 12.0 Å². The molecule has 1 aliphatic heterocycles. The highest BCUT2D eigenvalue weighted by Gasteiger charge is 2.14. The normalized spacial score (nSPS) is 11.0. The van der Waals surface area contributed by atoms with Crippen LogP contribution in [0.1, 0.15) is 24.6 Å². The van der Waals surface area contributed by atoms with Gasteiger partial charge in [0, 0.05) is 25.0 Å². The summed E-state index contributed by atoms with van der Waals surface area (Å²) in [6.45, 7) is 3.52. The van der Waals surface area contributed by atoms with Gasteiger partial charge >= 0.3 is 6.03 Å². The monoisotopic (exact) mass is 355 g/mol. The molecule has 2 aromatic rings. The van der Waals surface area contributed by atoms with Crippen molar-refractivity contribution in [2.75, 3.05) is 13.1 Å². The fourth-order valence-corrected chi connectivity index (χ4v) is 2.43. The highest BCUT2D eigenvalue weighted by molar-refractivity contribution is 5.93. The lowest BCUT2D eigenvalue weighted by atomic mass is 10.2. The maximum absolute atomic E-state index is 11.6. The molecule has 0 saturated carbocycles. The Bertz CT molecular complexity index is 702. The third-order valence-electron chi connectivity index (χ3n) is 3.71. The molecular formula is C19H25N5O2. The van der Waals surface area contributed by atoms with Crippen LogP contribution in [0, 0.1) is 5.41 Å². The van der Waals surface area contributed by atoms with E-state index in [0.29, 0.717) is 19.5 Å². The minimum atomic E-state index is -0.328. The van der Waals surface area contributed by atoms with Crippen molar-refractivity contribution in [3.05, 3.63) is 59.9 Å². The van der Waals surface area contributed by atoms with E-state index in [-0.39, 0.29) is 12.0 Å². The summed E-state index contributed by atoms with van der Waals surface area (Å²) in [6, 6.07) is 13.5. The van der Waals surface area contributed by atoms with Crippen molar-refractivity contribution in [3.8, 4) is 5.75 Å². The quantitative estimate of drug-likeness (QED) is 0.566. The van der Waals surface area contributed by atoms with E-state index in [1.165, 1.54) is 10.5 Å². The highest BCUT2D eigenvalue weighted by Crippen LogP contribution is 2.20. The van der Waals surface area contributed by atoms with Crippen LogP contribution in [0.2, 0.25) is 0 Å². The Labute approximate surface area is 153 Å². The Kier molecular flexibility index (Phi) is 7.42. The number of carbonyl (C=O) groups excluding carboxylic acids is 1. The summed E-state index contributed by atoms with van der Waals surface area (Å²) in [5.74, 6) is 0.768. The number of nitrogens with zero attached hydrogens (tertiary/aromatic N) is 2. The van der Waals surface area contributed by atoms with Crippen LogP contribution >= 0.6 is 0 Å². The summed E-state index contributed by atoms with van der Waals surface area (Å²) in [4.78, 5) is 17.0. The number of urea groups is 1. The third kappa shape index (κ3) is 6.08. The van der Waals surface area contributed by atoms with Crippen molar-refractivity contribution in [2.24, 2.45) is 5.73 Å². The number of fused-ring (bicyclic) bond motifs is 2. The number of pyridine rings is 1. The molecule has 0 saturated heterocycles. The fourth-order valence-electron chi connectivity index (χ4n) is 2.43. The van der Waals surface area contributed by atoms with Gasteiger partial charge in [0.2, 0.25) is 0 Å². The molecular weight excluding hydrogens is 330 g/mol. The first-order valence-electron chi connectivity index (χ1n) is 8.61. The molecule has 1 aromatic heterocycles. The van der Waals surface area contributed by atoms with Crippen molar-refractivity contribution in [2.45, 2.75) is 26.4 Å². The van der Waals surface area contributed by atoms with E-state index in [9.17, 15) is 4.79 Å². The minimum Gasteiger partial charge on any atom is -0.489 e. The fraction of sp³-hybridized carbons (Fsp3) is 0.316. The van der Waals surface area contributed by atoms with Gasteiger partial charge in [0.1, 0.15) is 12.4 Å². The second-order valence-corrected chi connectivity index (χ2v) is 5.73. The lowest BCUT2D eigenvalue weighted by Crippen LogP contribution is -2.47. The minimum absolute atomic E-state index is 0.234. The lowest BCUT2D eigenvalue weighted by Gasteiger charge is -2.20. The molecule has 7 heteroatoms. The summed E-state index contributed by atoms with van der Waals surface area (Å²) in [5, 5.41) is 10.00. The Morgan fingerprint density at radius 3 is 2.81 bits per heavy atom. The number of carbonyl (C=O) groups is 1. The predicted octanol–water partition coefficient (Wildman–Crippen LogP) is 2.52. The maximum atomic E-state index is 11.6. The van der Waals surface area contributed by atoms with Gasteiger partial charge in [0.15, 0.2) is 5.96 Å². The van der Waals surface area contributed by atoms with Gasteiger partial charge < -0.3 is 15.8 Å². The van der Waals surface area contributed by atoms with Gasteiger partial charge in [0.05, 0.1) is 0 Å². The molecule has 1 aromatic carbocycles. The van der Waals surface area contributed by atoms with E-state index < -0.39 is 0 Å². The van der Waals surface area contributed by atoms with Crippen LogP contribution in [0.15, 0.2) is 48.7 Å². The number of rotatable bonds is 5. The molecule has 0 spiro atoms. The third-order valence-corrected chi connectivity index (χ3v) is 3.71. The van der Waals surface area contributed by atoms with Crippen LogP contribution in [0.5, 0.6) is 5.75 Å². The largest absolute Gasteiger partial charge is 0.489 e. The smallest absolute Gasteiger partial charge is 0.324 e. The van der Waals surface area contributed by atoms with Crippen molar-refractivity contribution in [1.82, 2.24) is 15.2 Å². The van der Waals surface area contributed by atoms with Crippen LogP contribution in [-0.2, 0) is 13.0 Å². The molecule has 138 valence electrons. The first kappa shape index (κ1) is 19.2. The Morgan fingerprint density at radius 1 is 1.35 bits per heavy atom. The van der Waals surface area contributed by atoms with Crippen molar-refractivity contribution in [1.29, 1.82) is 5.41 Å². The molecule has 3 rings (SSSR count). The lowest BCUT2D eigenvalue weighted by molar-refractivity contribution is 0.220. The number of ether oxygens (including phenoxy) is 1. The van der Waals surface area contributed by atoms with Crippen LogP contribution in [0.25, 0.3) is 0 Å². The van der Waals surface area contributed by atoms with E-state index in [1.807, 2.05) is 37.3 Å². The molecule has 4 N–H and O–H groups in total. The second-order valence-electron chi connectivity index (χ2n) is 5.73. The van der Waals surface area contributed by atoms with E-state index in [0.717, 1.165) is 24.5 Å². The Hall–Kier alpha value is -3.09. The second kappa shape index (κ2) is 10.0. The molecule has 0 fully saturated rings. The maximum Gasteiger partial charge on any atom is 0.324 e. The van der Waals surface area contributed by atoms with Crippen molar-refractivity contribution < 1.29 is 9.53 Å². The number of aryl methyl sites for hydroxylation is 1. The van der Waals surface area contributed by atoms with Gasteiger partial charge in [-0.3, -0.25) is 15.3 Å². The predicted molar refractivity (Wildman–Crippen MR) is 101 cm³/mol. The van der Waals surface area contributed by atoms with Gasteiger partial charge in [-0.1, -0.05) is 18.2 Å². The van der Waals surface area contributed by atoms with E-state index in [1.54, 1.807) is 6.20 Å². The molecule has 26 heavy (non-hydrogen) atoms. The number of hydrogen-bond acceptors (Lipinski definition) is 4. The van der Waals surface area contributed by atoms with Gasteiger partial charge in [-0.05, 0) is 49.6 Å².